The number of aromatic amines is 1. The number of aromatic nitrogens is 3. The van der Waals surface area contributed by atoms with E-state index < -0.39 is 0 Å². The van der Waals surface area contributed by atoms with E-state index >= 15 is 0 Å². The minimum atomic E-state index is -0.141. The predicted molar refractivity (Wildman–Crippen MR) is 98.0 cm³/mol. The van der Waals surface area contributed by atoms with Crippen LogP contribution in [0.3, 0.4) is 0 Å². The molecule has 0 spiro atoms. The average Bonchev–Trinajstić information content (AvgIpc) is 3.07. The molecule has 0 saturated heterocycles. The lowest BCUT2D eigenvalue weighted by molar-refractivity contribution is 0.415. The maximum atomic E-state index is 12.5. The summed E-state index contributed by atoms with van der Waals surface area (Å²) in [6.45, 7) is 2.01. The molecule has 0 unspecified atom stereocenters. The van der Waals surface area contributed by atoms with Crippen molar-refractivity contribution in [3.8, 4) is 28.1 Å². The van der Waals surface area contributed by atoms with Crippen molar-refractivity contribution < 1.29 is 4.74 Å². The Hall–Kier alpha value is -3.34. The molecule has 0 fully saturated rings. The molecule has 124 valence electrons. The smallest absolute Gasteiger partial charge is 0.273 e. The summed E-state index contributed by atoms with van der Waals surface area (Å²) in [5.74, 6) is 0.759. The number of hydrogen-bond donors (Lipinski definition) is 1. The summed E-state index contributed by atoms with van der Waals surface area (Å²) in [6.07, 6.45) is 1.79. The van der Waals surface area contributed by atoms with Gasteiger partial charge in [0.2, 0.25) is 0 Å². The van der Waals surface area contributed by atoms with E-state index in [1.165, 1.54) is 4.52 Å². The second-order valence-electron chi connectivity index (χ2n) is 5.87. The normalized spacial score (nSPS) is 11.0. The molecule has 4 rings (SSSR count). The molecule has 0 saturated carbocycles. The first-order chi connectivity index (χ1) is 12.2. The van der Waals surface area contributed by atoms with E-state index in [-0.39, 0.29) is 5.56 Å². The molecule has 2 aromatic heterocycles. The summed E-state index contributed by atoms with van der Waals surface area (Å²) in [5, 5.41) is 2.99. The molecule has 2 aromatic carbocycles. The van der Waals surface area contributed by atoms with Gasteiger partial charge >= 0.3 is 0 Å². The van der Waals surface area contributed by atoms with Gasteiger partial charge < -0.3 is 4.74 Å². The zero-order valence-corrected chi connectivity index (χ0v) is 14.0. The summed E-state index contributed by atoms with van der Waals surface area (Å²) < 4.78 is 6.75. The lowest BCUT2D eigenvalue weighted by Gasteiger charge is -2.06. The van der Waals surface area contributed by atoms with Gasteiger partial charge in [0, 0.05) is 23.4 Å². The molecule has 5 heteroatoms. The van der Waals surface area contributed by atoms with E-state index in [0.717, 1.165) is 28.0 Å². The lowest BCUT2D eigenvalue weighted by Crippen LogP contribution is -2.14. The number of fused-ring (bicyclic) bond motifs is 1. The van der Waals surface area contributed by atoms with Gasteiger partial charge in [0.05, 0.1) is 12.8 Å². The number of H-pyrrole nitrogens is 1. The first-order valence-corrected chi connectivity index (χ1v) is 7.99. The standard InChI is InChI=1S/C20H17N3O2/c1-13-6-3-4-9-16(13)18-11-19(24)23-20(22-18)17(12-21-23)14-7-5-8-15(10-14)25-2/h3-12,21H,1-2H3. The molecule has 0 aliphatic carbocycles. The van der Waals surface area contributed by atoms with E-state index in [1.807, 2.05) is 55.5 Å². The number of aryl methyl sites for hydroxylation is 1. The SMILES string of the molecule is COc1cccc(-c2c[nH]n3c(=O)cc(-c4ccccc4C)nc23)c1. The van der Waals surface area contributed by atoms with Crippen molar-refractivity contribution in [3.63, 3.8) is 0 Å². The number of nitrogens with one attached hydrogen (secondary N) is 1. The van der Waals surface area contributed by atoms with E-state index in [9.17, 15) is 4.79 Å². The van der Waals surface area contributed by atoms with Gasteiger partial charge in [0.25, 0.3) is 5.56 Å². The minimum Gasteiger partial charge on any atom is -0.497 e. The Labute approximate surface area is 144 Å². The van der Waals surface area contributed by atoms with Gasteiger partial charge in [-0.1, -0.05) is 36.4 Å². The third-order valence-corrected chi connectivity index (χ3v) is 4.30. The second-order valence-corrected chi connectivity index (χ2v) is 5.87. The predicted octanol–water partition coefficient (Wildman–Crippen LogP) is 3.67. The molecule has 0 bridgehead atoms. The lowest BCUT2D eigenvalue weighted by atomic mass is 10.1. The number of methoxy groups -OCH3 is 1. The molecular formula is C20H17N3O2. The van der Waals surface area contributed by atoms with Crippen LogP contribution in [0.2, 0.25) is 0 Å². The molecule has 0 atom stereocenters. The van der Waals surface area contributed by atoms with Crippen LogP contribution in [0.5, 0.6) is 5.75 Å². The highest BCUT2D eigenvalue weighted by Crippen LogP contribution is 2.28. The third kappa shape index (κ3) is 2.59. The Morgan fingerprint density at radius 2 is 1.88 bits per heavy atom. The fourth-order valence-corrected chi connectivity index (χ4v) is 2.98. The Morgan fingerprint density at radius 1 is 1.04 bits per heavy atom. The minimum absolute atomic E-state index is 0.141. The topological polar surface area (TPSA) is 59.4 Å². The van der Waals surface area contributed by atoms with E-state index in [2.05, 4.69) is 5.10 Å². The van der Waals surface area contributed by atoms with Crippen LogP contribution >= 0.6 is 0 Å². The van der Waals surface area contributed by atoms with Crippen LogP contribution in [-0.2, 0) is 0 Å². The molecule has 1 N–H and O–H groups in total. The molecule has 4 aromatic rings. The summed E-state index contributed by atoms with van der Waals surface area (Å²) in [6, 6.07) is 17.2. The summed E-state index contributed by atoms with van der Waals surface area (Å²) >= 11 is 0. The number of ether oxygens (including phenoxy) is 1. The molecule has 0 aliphatic heterocycles. The Bertz CT molecular complexity index is 1130. The van der Waals surface area contributed by atoms with Gasteiger partial charge in [-0.05, 0) is 30.2 Å². The van der Waals surface area contributed by atoms with Crippen LogP contribution in [0.1, 0.15) is 5.56 Å². The molecule has 25 heavy (non-hydrogen) atoms. The maximum absolute atomic E-state index is 12.5. The maximum Gasteiger partial charge on any atom is 0.273 e. The van der Waals surface area contributed by atoms with Crippen molar-refractivity contribution >= 4 is 5.65 Å². The summed E-state index contributed by atoms with van der Waals surface area (Å²) in [7, 11) is 1.63. The van der Waals surface area contributed by atoms with Gasteiger partial charge in [0.15, 0.2) is 5.65 Å². The highest BCUT2D eigenvalue weighted by atomic mass is 16.5. The zero-order chi connectivity index (χ0) is 17.4. The second kappa shape index (κ2) is 5.94. The highest BCUT2D eigenvalue weighted by Gasteiger charge is 2.13. The van der Waals surface area contributed by atoms with Crippen molar-refractivity contribution in [1.29, 1.82) is 0 Å². The quantitative estimate of drug-likeness (QED) is 0.623. The Balaban J connectivity index is 1.96. The van der Waals surface area contributed by atoms with E-state index in [0.29, 0.717) is 11.3 Å². The summed E-state index contributed by atoms with van der Waals surface area (Å²) in [5.41, 5.74) is 4.96. The molecule has 0 radical (unpaired) electrons. The monoisotopic (exact) mass is 331 g/mol. The first kappa shape index (κ1) is 15.2. The number of rotatable bonds is 3. The fourth-order valence-electron chi connectivity index (χ4n) is 2.98. The number of nitrogens with zero attached hydrogens (tertiary/aromatic N) is 2. The summed E-state index contributed by atoms with van der Waals surface area (Å²) in [4.78, 5) is 17.3. The molecule has 0 aliphatic rings. The van der Waals surface area contributed by atoms with Crippen LogP contribution in [0.25, 0.3) is 28.0 Å². The first-order valence-electron chi connectivity index (χ1n) is 7.99. The largest absolute Gasteiger partial charge is 0.497 e. The van der Waals surface area contributed by atoms with Crippen molar-refractivity contribution in [2.24, 2.45) is 0 Å². The molecule has 0 amide bonds. The number of benzene rings is 2. The van der Waals surface area contributed by atoms with Crippen LogP contribution < -0.4 is 10.3 Å². The number of hydrogen-bond acceptors (Lipinski definition) is 3. The van der Waals surface area contributed by atoms with Gasteiger partial charge in [-0.3, -0.25) is 9.89 Å². The Morgan fingerprint density at radius 3 is 2.68 bits per heavy atom. The third-order valence-electron chi connectivity index (χ3n) is 4.30. The molecule has 5 nitrogen and oxygen atoms in total. The van der Waals surface area contributed by atoms with Gasteiger partial charge in [-0.2, -0.15) is 0 Å². The van der Waals surface area contributed by atoms with E-state index in [1.54, 1.807) is 19.4 Å². The van der Waals surface area contributed by atoms with Crippen molar-refractivity contribution in [1.82, 2.24) is 14.6 Å². The van der Waals surface area contributed by atoms with Gasteiger partial charge in [-0.25, -0.2) is 9.50 Å². The average molecular weight is 331 g/mol. The fraction of sp³-hybridized carbons (Fsp3) is 0.100. The van der Waals surface area contributed by atoms with Crippen LogP contribution in [0.15, 0.2) is 65.6 Å². The van der Waals surface area contributed by atoms with Gasteiger partial charge in [0.1, 0.15) is 5.75 Å². The van der Waals surface area contributed by atoms with E-state index in [4.69, 9.17) is 9.72 Å². The van der Waals surface area contributed by atoms with Crippen LogP contribution in [0, 0.1) is 6.92 Å². The van der Waals surface area contributed by atoms with Gasteiger partial charge in [-0.15, -0.1) is 0 Å². The molecular weight excluding hydrogens is 314 g/mol. The van der Waals surface area contributed by atoms with Crippen LogP contribution in [0.4, 0.5) is 0 Å². The van der Waals surface area contributed by atoms with Crippen molar-refractivity contribution in [3.05, 3.63) is 76.7 Å². The van der Waals surface area contributed by atoms with Crippen molar-refractivity contribution in [2.75, 3.05) is 7.11 Å². The Kier molecular flexibility index (Phi) is 3.61. The zero-order valence-electron chi connectivity index (χ0n) is 14.0. The highest BCUT2D eigenvalue weighted by molar-refractivity contribution is 5.79. The van der Waals surface area contributed by atoms with Crippen molar-refractivity contribution in [2.45, 2.75) is 6.92 Å². The molecule has 2 heterocycles. The van der Waals surface area contributed by atoms with Crippen LogP contribution in [-0.4, -0.2) is 21.7 Å².